The Kier molecular flexibility index (Phi) is 4.24. The van der Waals surface area contributed by atoms with E-state index in [1.165, 1.54) is 6.07 Å². The third-order valence-electron chi connectivity index (χ3n) is 5.55. The minimum atomic E-state index is -1.01. The average molecular weight is 402 g/mol. The van der Waals surface area contributed by atoms with Gasteiger partial charge in [0.15, 0.2) is 0 Å². The Balaban J connectivity index is 1.63. The van der Waals surface area contributed by atoms with Gasteiger partial charge in [0.2, 0.25) is 0 Å². The molecule has 1 aliphatic heterocycles. The Hall–Kier alpha value is -3.74. The van der Waals surface area contributed by atoms with Crippen LogP contribution >= 0.6 is 0 Å². The lowest BCUT2D eigenvalue weighted by molar-refractivity contribution is 0.0883. The lowest BCUT2D eigenvalue weighted by atomic mass is 9.80. The average Bonchev–Trinajstić information content (AvgIpc) is 3.24. The summed E-state index contributed by atoms with van der Waals surface area (Å²) >= 11 is 0. The number of nitrogens with zero attached hydrogens (tertiary/aromatic N) is 3. The van der Waals surface area contributed by atoms with Gasteiger partial charge in [-0.25, -0.2) is 9.37 Å². The molecule has 1 aromatic carbocycles. The number of rotatable bonds is 3. The van der Waals surface area contributed by atoms with Gasteiger partial charge in [-0.05, 0) is 48.4 Å². The van der Waals surface area contributed by atoms with E-state index in [1.807, 2.05) is 12.1 Å². The predicted molar refractivity (Wildman–Crippen MR) is 109 cm³/mol. The number of hydrogen-bond acceptors (Lipinski definition) is 4. The number of imidazole rings is 1. The van der Waals surface area contributed by atoms with Crippen LogP contribution in [0.5, 0.6) is 5.75 Å². The van der Waals surface area contributed by atoms with Crippen molar-refractivity contribution in [3.8, 4) is 5.75 Å². The summed E-state index contributed by atoms with van der Waals surface area (Å²) in [6, 6.07) is 12.1. The molecular weight excluding hydrogens is 383 g/mol. The Morgan fingerprint density at radius 2 is 2.10 bits per heavy atom. The highest BCUT2D eigenvalue weighted by Crippen LogP contribution is 2.41. The summed E-state index contributed by atoms with van der Waals surface area (Å²) in [5.74, 6) is -0.0369. The van der Waals surface area contributed by atoms with Crippen molar-refractivity contribution in [2.75, 3.05) is 6.61 Å². The first-order valence-corrected chi connectivity index (χ1v) is 9.67. The number of halogens is 1. The molecule has 6 nitrogen and oxygen atoms in total. The maximum absolute atomic E-state index is 14.5. The number of ether oxygens (including phenoxy) is 1. The van der Waals surface area contributed by atoms with Crippen molar-refractivity contribution >= 4 is 11.6 Å². The molecule has 0 saturated heterocycles. The van der Waals surface area contributed by atoms with Gasteiger partial charge in [-0.3, -0.25) is 9.78 Å². The third kappa shape index (κ3) is 2.90. The minimum absolute atomic E-state index is 0.287. The standard InChI is InChI=1S/C23H19FN4O2/c1-15-4-6-17(13-18(15)24)23(8-12-30-19-3-2-9-26-21(19)23)27-22(29)16-5-7-20-25-10-11-28(20)14-16/h2-7,9-11,13-14H,8,12H2,1H3,(H,27,29)/t23-/m0/s1. The highest BCUT2D eigenvalue weighted by Gasteiger charge is 2.42. The van der Waals surface area contributed by atoms with E-state index in [0.29, 0.717) is 41.2 Å². The van der Waals surface area contributed by atoms with Gasteiger partial charge in [-0.1, -0.05) is 12.1 Å². The van der Waals surface area contributed by atoms with Crippen LogP contribution in [0.1, 0.15) is 33.6 Å². The van der Waals surface area contributed by atoms with Crippen molar-refractivity contribution in [3.63, 3.8) is 0 Å². The van der Waals surface area contributed by atoms with Crippen LogP contribution in [0.25, 0.3) is 5.65 Å². The van der Waals surface area contributed by atoms with E-state index < -0.39 is 5.54 Å². The number of hydrogen-bond donors (Lipinski definition) is 1. The second-order valence-electron chi connectivity index (χ2n) is 7.38. The van der Waals surface area contributed by atoms with Gasteiger partial charge in [-0.15, -0.1) is 0 Å². The van der Waals surface area contributed by atoms with Crippen LogP contribution in [-0.2, 0) is 5.54 Å². The number of carbonyl (C=O) groups excluding carboxylic acids is 1. The van der Waals surface area contributed by atoms with E-state index in [4.69, 9.17) is 4.74 Å². The normalized spacial score (nSPS) is 17.9. The molecule has 7 heteroatoms. The van der Waals surface area contributed by atoms with Crippen LogP contribution < -0.4 is 10.1 Å². The molecule has 4 heterocycles. The van der Waals surface area contributed by atoms with Crippen molar-refractivity contribution in [2.45, 2.75) is 18.9 Å². The fourth-order valence-corrected chi connectivity index (χ4v) is 3.91. The zero-order valence-corrected chi connectivity index (χ0v) is 16.3. The molecule has 0 spiro atoms. The minimum Gasteiger partial charge on any atom is -0.491 e. The second kappa shape index (κ2) is 6.95. The number of nitrogens with one attached hydrogen (secondary N) is 1. The van der Waals surface area contributed by atoms with E-state index >= 15 is 0 Å². The van der Waals surface area contributed by atoms with Crippen molar-refractivity contribution in [3.05, 3.63) is 95.5 Å². The van der Waals surface area contributed by atoms with E-state index in [1.54, 1.807) is 60.4 Å². The summed E-state index contributed by atoms with van der Waals surface area (Å²) in [6.45, 7) is 2.08. The van der Waals surface area contributed by atoms with E-state index in [-0.39, 0.29) is 11.7 Å². The summed E-state index contributed by atoms with van der Waals surface area (Å²) in [5.41, 5.74) is 1.95. The third-order valence-corrected chi connectivity index (χ3v) is 5.55. The monoisotopic (exact) mass is 402 g/mol. The molecule has 1 atom stereocenters. The molecule has 150 valence electrons. The van der Waals surface area contributed by atoms with Crippen LogP contribution in [-0.4, -0.2) is 26.9 Å². The van der Waals surface area contributed by atoms with E-state index in [0.717, 1.165) is 5.65 Å². The largest absolute Gasteiger partial charge is 0.491 e. The highest BCUT2D eigenvalue weighted by atomic mass is 19.1. The van der Waals surface area contributed by atoms with Gasteiger partial charge in [0.1, 0.15) is 28.4 Å². The smallest absolute Gasteiger partial charge is 0.253 e. The molecule has 30 heavy (non-hydrogen) atoms. The lowest BCUT2D eigenvalue weighted by Gasteiger charge is -2.39. The van der Waals surface area contributed by atoms with Crippen LogP contribution in [0.15, 0.2) is 67.3 Å². The number of fused-ring (bicyclic) bond motifs is 2. The van der Waals surface area contributed by atoms with Gasteiger partial charge < -0.3 is 14.5 Å². The molecule has 1 N–H and O–H groups in total. The summed E-state index contributed by atoms with van der Waals surface area (Å²) in [5, 5.41) is 3.14. The maximum atomic E-state index is 14.5. The Morgan fingerprint density at radius 1 is 1.20 bits per heavy atom. The van der Waals surface area contributed by atoms with Gasteiger partial charge in [0, 0.05) is 31.2 Å². The van der Waals surface area contributed by atoms with Crippen molar-refractivity contribution in [2.24, 2.45) is 0 Å². The predicted octanol–water partition coefficient (Wildman–Crippen LogP) is 3.63. The fourth-order valence-electron chi connectivity index (χ4n) is 3.91. The molecule has 1 aliphatic rings. The molecule has 0 aliphatic carbocycles. The Bertz CT molecular complexity index is 1270. The molecule has 3 aromatic heterocycles. The SMILES string of the molecule is Cc1ccc([C@@]2(NC(=O)c3ccc4nccn4c3)CCOc3cccnc32)cc1F. The lowest BCUT2D eigenvalue weighted by Crippen LogP contribution is -2.50. The number of aryl methyl sites for hydroxylation is 1. The number of aromatic nitrogens is 3. The van der Waals surface area contributed by atoms with Crippen LogP contribution in [0.4, 0.5) is 4.39 Å². The van der Waals surface area contributed by atoms with Gasteiger partial charge in [0.05, 0.1) is 12.2 Å². The summed E-state index contributed by atoms with van der Waals surface area (Å²) in [6.07, 6.45) is 7.25. The topological polar surface area (TPSA) is 68.5 Å². The fraction of sp³-hybridized carbons (Fsp3) is 0.174. The molecule has 0 unspecified atom stereocenters. The summed E-state index contributed by atoms with van der Waals surface area (Å²) in [7, 11) is 0. The van der Waals surface area contributed by atoms with Crippen molar-refractivity contribution in [1.29, 1.82) is 0 Å². The van der Waals surface area contributed by atoms with Gasteiger partial charge in [0.25, 0.3) is 5.91 Å². The molecule has 0 fully saturated rings. The molecule has 1 amide bonds. The first kappa shape index (κ1) is 18.3. The molecule has 5 rings (SSSR count). The zero-order valence-electron chi connectivity index (χ0n) is 16.3. The zero-order chi connectivity index (χ0) is 20.7. The highest BCUT2D eigenvalue weighted by molar-refractivity contribution is 5.95. The first-order chi connectivity index (χ1) is 14.6. The first-order valence-electron chi connectivity index (χ1n) is 9.67. The number of amides is 1. The number of carbonyl (C=O) groups is 1. The van der Waals surface area contributed by atoms with Gasteiger partial charge >= 0.3 is 0 Å². The van der Waals surface area contributed by atoms with Gasteiger partial charge in [-0.2, -0.15) is 0 Å². The van der Waals surface area contributed by atoms with Crippen LogP contribution in [0, 0.1) is 12.7 Å². The molecule has 0 saturated carbocycles. The quantitative estimate of drug-likeness (QED) is 0.568. The second-order valence-corrected chi connectivity index (χ2v) is 7.38. The summed E-state index contributed by atoms with van der Waals surface area (Å²) < 4.78 is 22.1. The molecular formula is C23H19FN4O2. The Labute approximate surface area is 172 Å². The van der Waals surface area contributed by atoms with Crippen LogP contribution in [0.3, 0.4) is 0 Å². The van der Waals surface area contributed by atoms with E-state index in [2.05, 4.69) is 15.3 Å². The molecule has 0 radical (unpaired) electrons. The van der Waals surface area contributed by atoms with E-state index in [9.17, 15) is 9.18 Å². The molecule has 4 aromatic rings. The molecule has 0 bridgehead atoms. The van der Waals surface area contributed by atoms with Crippen molar-refractivity contribution in [1.82, 2.24) is 19.7 Å². The maximum Gasteiger partial charge on any atom is 0.253 e. The number of pyridine rings is 2. The number of benzene rings is 1. The summed E-state index contributed by atoms with van der Waals surface area (Å²) in [4.78, 5) is 22.0. The van der Waals surface area contributed by atoms with Crippen LogP contribution in [0.2, 0.25) is 0 Å². The Morgan fingerprint density at radius 3 is 2.97 bits per heavy atom. The van der Waals surface area contributed by atoms with Crippen molar-refractivity contribution < 1.29 is 13.9 Å².